The molecule has 0 aliphatic carbocycles. The molecule has 3 aromatic rings. The van der Waals surface area contributed by atoms with Gasteiger partial charge in [0.25, 0.3) is 11.8 Å². The fourth-order valence-electron chi connectivity index (χ4n) is 4.04. The third-order valence-electron chi connectivity index (χ3n) is 5.82. The molecule has 33 heavy (non-hydrogen) atoms. The minimum atomic E-state index is -0.980. The van der Waals surface area contributed by atoms with Gasteiger partial charge < -0.3 is 5.32 Å². The molecule has 1 aliphatic heterocycles. The Balaban J connectivity index is 1.62. The number of halogens is 1. The first-order valence-corrected chi connectivity index (χ1v) is 11.9. The topological polar surface area (TPSA) is 66.5 Å². The Kier molecular flexibility index (Phi) is 7.04. The average molecular weight is 505 g/mol. The Bertz CT molecular complexity index is 1160. The standard InChI is InChI=1S/C27H25BrN2O3/c1-2-3-9-19-14-15-23(22(28)16-19)29-25(31)24(17-18-10-5-4-6-11-18)30-26(32)20-12-7-8-13-21(20)27(30)33/h4-8,10-16,24H,2-3,9,17H2,1H3,(H,29,31). The van der Waals surface area contributed by atoms with E-state index in [1.165, 1.54) is 5.56 Å². The predicted molar refractivity (Wildman–Crippen MR) is 132 cm³/mol. The van der Waals surface area contributed by atoms with E-state index in [0.29, 0.717) is 16.8 Å². The van der Waals surface area contributed by atoms with Crippen molar-refractivity contribution < 1.29 is 14.4 Å². The van der Waals surface area contributed by atoms with Crippen LogP contribution in [0.25, 0.3) is 0 Å². The van der Waals surface area contributed by atoms with E-state index in [9.17, 15) is 14.4 Å². The SMILES string of the molecule is CCCCc1ccc(NC(=O)C(Cc2ccccc2)N2C(=O)c3ccccc3C2=O)c(Br)c1. The number of fused-ring (bicyclic) bond motifs is 1. The van der Waals surface area contributed by atoms with Gasteiger partial charge >= 0.3 is 0 Å². The number of benzene rings is 3. The number of nitrogens with zero attached hydrogens (tertiary/aromatic N) is 1. The zero-order chi connectivity index (χ0) is 23.4. The summed E-state index contributed by atoms with van der Waals surface area (Å²) >= 11 is 3.55. The highest BCUT2D eigenvalue weighted by molar-refractivity contribution is 9.10. The van der Waals surface area contributed by atoms with Crippen LogP contribution in [0.3, 0.4) is 0 Å². The lowest BCUT2D eigenvalue weighted by atomic mass is 10.0. The van der Waals surface area contributed by atoms with E-state index in [-0.39, 0.29) is 6.42 Å². The maximum atomic E-state index is 13.5. The quantitative estimate of drug-likeness (QED) is 0.403. The van der Waals surface area contributed by atoms with Gasteiger partial charge in [-0.05, 0) is 64.2 Å². The van der Waals surface area contributed by atoms with Crippen molar-refractivity contribution in [1.29, 1.82) is 0 Å². The number of carbonyl (C=O) groups excluding carboxylic acids is 3. The Morgan fingerprint density at radius 2 is 1.55 bits per heavy atom. The molecule has 6 heteroatoms. The van der Waals surface area contributed by atoms with Crippen LogP contribution in [0.1, 0.15) is 51.6 Å². The first kappa shape index (κ1) is 22.9. The molecule has 0 fully saturated rings. The van der Waals surface area contributed by atoms with Gasteiger partial charge in [0.2, 0.25) is 5.91 Å². The Morgan fingerprint density at radius 3 is 2.15 bits per heavy atom. The Hall–Kier alpha value is -3.25. The average Bonchev–Trinajstić information content (AvgIpc) is 3.08. The van der Waals surface area contributed by atoms with Gasteiger partial charge in [0.1, 0.15) is 6.04 Å². The predicted octanol–water partition coefficient (Wildman–Crippen LogP) is 5.64. The smallest absolute Gasteiger partial charge is 0.262 e. The van der Waals surface area contributed by atoms with Crippen molar-refractivity contribution in [3.8, 4) is 0 Å². The van der Waals surface area contributed by atoms with Crippen LogP contribution in [-0.4, -0.2) is 28.7 Å². The second kappa shape index (κ2) is 10.1. The van der Waals surface area contributed by atoms with Crippen LogP contribution in [0.2, 0.25) is 0 Å². The van der Waals surface area contributed by atoms with Crippen molar-refractivity contribution in [3.63, 3.8) is 0 Å². The minimum Gasteiger partial charge on any atom is -0.323 e. The summed E-state index contributed by atoms with van der Waals surface area (Å²) in [4.78, 5) is 40.8. The lowest BCUT2D eigenvalue weighted by Crippen LogP contribution is -2.48. The molecule has 5 nitrogen and oxygen atoms in total. The summed E-state index contributed by atoms with van der Waals surface area (Å²) in [5, 5.41) is 2.93. The second-order valence-corrected chi connectivity index (χ2v) is 8.99. The number of unbranched alkanes of at least 4 members (excludes halogenated alkanes) is 1. The summed E-state index contributed by atoms with van der Waals surface area (Å²) in [6.07, 6.45) is 3.40. The number of rotatable bonds is 8. The number of carbonyl (C=O) groups is 3. The summed E-state index contributed by atoms with van der Waals surface area (Å²) in [6, 6.07) is 21.0. The molecule has 168 valence electrons. The molecule has 0 spiro atoms. The second-order valence-electron chi connectivity index (χ2n) is 8.14. The van der Waals surface area contributed by atoms with Crippen LogP contribution >= 0.6 is 15.9 Å². The number of aryl methyl sites for hydroxylation is 1. The van der Waals surface area contributed by atoms with E-state index in [0.717, 1.165) is 34.2 Å². The molecule has 0 saturated heterocycles. The molecule has 1 aliphatic rings. The molecule has 1 heterocycles. The van der Waals surface area contributed by atoms with Gasteiger partial charge in [-0.25, -0.2) is 0 Å². The molecular formula is C27H25BrN2O3. The van der Waals surface area contributed by atoms with Crippen molar-refractivity contribution in [2.24, 2.45) is 0 Å². The van der Waals surface area contributed by atoms with Crippen molar-refractivity contribution in [2.75, 3.05) is 5.32 Å². The normalized spacial score (nSPS) is 13.7. The molecule has 1 unspecified atom stereocenters. The fraction of sp³-hybridized carbons (Fsp3) is 0.222. The zero-order valence-electron chi connectivity index (χ0n) is 18.4. The molecule has 0 bridgehead atoms. The third kappa shape index (κ3) is 4.91. The zero-order valence-corrected chi connectivity index (χ0v) is 20.0. The maximum absolute atomic E-state index is 13.5. The summed E-state index contributed by atoms with van der Waals surface area (Å²) in [5.41, 5.74) is 3.31. The summed E-state index contributed by atoms with van der Waals surface area (Å²) in [6.45, 7) is 2.15. The van der Waals surface area contributed by atoms with Gasteiger partial charge in [0, 0.05) is 10.9 Å². The monoisotopic (exact) mass is 504 g/mol. The number of hydrogen-bond donors (Lipinski definition) is 1. The number of nitrogens with one attached hydrogen (secondary N) is 1. The minimum absolute atomic E-state index is 0.227. The Morgan fingerprint density at radius 1 is 0.909 bits per heavy atom. The number of anilines is 1. The van der Waals surface area contributed by atoms with Gasteiger partial charge in [-0.1, -0.05) is 61.9 Å². The molecule has 3 amide bonds. The molecule has 4 rings (SSSR count). The molecule has 0 saturated carbocycles. The molecule has 0 aromatic heterocycles. The first-order valence-electron chi connectivity index (χ1n) is 11.1. The van der Waals surface area contributed by atoms with Gasteiger partial charge in [-0.3, -0.25) is 19.3 Å². The van der Waals surface area contributed by atoms with Gasteiger partial charge in [0.15, 0.2) is 0 Å². The van der Waals surface area contributed by atoms with Gasteiger partial charge in [-0.2, -0.15) is 0 Å². The van der Waals surface area contributed by atoms with Gasteiger partial charge in [-0.15, -0.1) is 0 Å². The highest BCUT2D eigenvalue weighted by Crippen LogP contribution is 2.28. The first-order chi connectivity index (χ1) is 16.0. The summed E-state index contributed by atoms with van der Waals surface area (Å²) < 4.78 is 0.769. The molecule has 1 atom stereocenters. The van der Waals surface area contributed by atoms with E-state index >= 15 is 0 Å². The lowest BCUT2D eigenvalue weighted by molar-refractivity contribution is -0.119. The van der Waals surface area contributed by atoms with Crippen molar-refractivity contribution in [3.05, 3.63) is 99.5 Å². The Labute approximate surface area is 201 Å². The highest BCUT2D eigenvalue weighted by Gasteiger charge is 2.42. The lowest BCUT2D eigenvalue weighted by Gasteiger charge is -2.26. The number of imide groups is 1. The number of amides is 3. The van der Waals surface area contributed by atoms with Crippen LogP contribution in [0.5, 0.6) is 0 Å². The van der Waals surface area contributed by atoms with E-state index in [2.05, 4.69) is 28.2 Å². The van der Waals surface area contributed by atoms with Gasteiger partial charge in [0.05, 0.1) is 16.8 Å². The third-order valence-corrected chi connectivity index (χ3v) is 6.48. The highest BCUT2D eigenvalue weighted by atomic mass is 79.9. The van der Waals surface area contributed by atoms with Crippen LogP contribution in [0.4, 0.5) is 5.69 Å². The largest absolute Gasteiger partial charge is 0.323 e. The number of hydrogen-bond acceptors (Lipinski definition) is 3. The van der Waals surface area contributed by atoms with Crippen LogP contribution in [-0.2, 0) is 17.6 Å². The van der Waals surface area contributed by atoms with E-state index in [4.69, 9.17) is 0 Å². The molecular weight excluding hydrogens is 480 g/mol. The maximum Gasteiger partial charge on any atom is 0.262 e. The van der Waals surface area contributed by atoms with Crippen LogP contribution in [0.15, 0.2) is 77.3 Å². The fourth-order valence-corrected chi connectivity index (χ4v) is 4.57. The van der Waals surface area contributed by atoms with Crippen molar-refractivity contribution in [2.45, 2.75) is 38.6 Å². The summed E-state index contributed by atoms with van der Waals surface area (Å²) in [5.74, 6) is -1.29. The molecule has 1 N–H and O–H groups in total. The summed E-state index contributed by atoms with van der Waals surface area (Å²) in [7, 11) is 0. The van der Waals surface area contributed by atoms with E-state index < -0.39 is 23.8 Å². The van der Waals surface area contributed by atoms with Crippen molar-refractivity contribution in [1.82, 2.24) is 4.90 Å². The van der Waals surface area contributed by atoms with Crippen LogP contribution < -0.4 is 5.32 Å². The van der Waals surface area contributed by atoms with E-state index in [1.54, 1.807) is 24.3 Å². The van der Waals surface area contributed by atoms with Crippen molar-refractivity contribution >= 4 is 39.3 Å². The molecule has 0 radical (unpaired) electrons. The van der Waals surface area contributed by atoms with E-state index in [1.807, 2.05) is 48.5 Å². The van der Waals surface area contributed by atoms with Crippen LogP contribution in [0, 0.1) is 0 Å². The molecule has 3 aromatic carbocycles.